The SMILES string of the molecule is C#CC1CC(=O)N(c2nnc(C3CCN(C(=O)OC(C)(C)C)CC3)o2)C1. The van der Waals surface area contributed by atoms with Crippen molar-refractivity contribution in [3.63, 3.8) is 0 Å². The van der Waals surface area contributed by atoms with Gasteiger partial charge in [-0.15, -0.1) is 17.4 Å². The number of carbonyl (C=O) groups excluding carboxylic acids is 2. The van der Waals surface area contributed by atoms with E-state index in [0.29, 0.717) is 44.8 Å². The topological polar surface area (TPSA) is 88.8 Å². The van der Waals surface area contributed by atoms with E-state index in [1.54, 1.807) is 4.90 Å². The van der Waals surface area contributed by atoms with Gasteiger partial charge in [0, 0.05) is 37.9 Å². The summed E-state index contributed by atoms with van der Waals surface area (Å²) < 4.78 is 11.1. The second kappa shape index (κ2) is 6.98. The Labute approximate surface area is 152 Å². The van der Waals surface area contributed by atoms with E-state index in [2.05, 4.69) is 16.1 Å². The summed E-state index contributed by atoms with van der Waals surface area (Å²) in [5, 5.41) is 8.11. The zero-order valence-corrected chi connectivity index (χ0v) is 15.4. The van der Waals surface area contributed by atoms with Gasteiger partial charge in [0.05, 0.1) is 0 Å². The van der Waals surface area contributed by atoms with E-state index in [4.69, 9.17) is 15.6 Å². The van der Waals surface area contributed by atoms with Crippen LogP contribution < -0.4 is 4.90 Å². The molecule has 0 N–H and O–H groups in total. The second-order valence-electron chi connectivity index (χ2n) is 7.74. The molecular formula is C18H24N4O4. The van der Waals surface area contributed by atoms with E-state index >= 15 is 0 Å². The standard InChI is InChI=1S/C18H24N4O4/c1-5-12-10-14(23)22(11-12)16-20-19-15(25-16)13-6-8-21(9-7-13)17(24)26-18(2,3)4/h1,12-13H,6-11H2,2-4H3. The van der Waals surface area contributed by atoms with Crippen LogP contribution in [0.15, 0.2) is 4.42 Å². The minimum atomic E-state index is -0.506. The third kappa shape index (κ3) is 3.98. The maximum atomic E-state index is 12.1. The first-order valence-electron chi connectivity index (χ1n) is 8.84. The van der Waals surface area contributed by atoms with Crippen molar-refractivity contribution in [2.24, 2.45) is 5.92 Å². The summed E-state index contributed by atoms with van der Waals surface area (Å²) in [4.78, 5) is 27.3. The summed E-state index contributed by atoms with van der Waals surface area (Å²) in [6, 6.07) is 0.206. The fourth-order valence-electron chi connectivity index (χ4n) is 3.14. The van der Waals surface area contributed by atoms with Gasteiger partial charge >= 0.3 is 12.1 Å². The van der Waals surface area contributed by atoms with Crippen LogP contribution in [0.2, 0.25) is 0 Å². The number of nitrogens with zero attached hydrogens (tertiary/aromatic N) is 4. The second-order valence-corrected chi connectivity index (χ2v) is 7.74. The molecule has 140 valence electrons. The van der Waals surface area contributed by atoms with Gasteiger partial charge in [-0.1, -0.05) is 5.10 Å². The number of aromatic nitrogens is 2. The molecule has 0 bridgehead atoms. The molecule has 0 radical (unpaired) electrons. The molecule has 1 unspecified atom stereocenters. The molecule has 2 aliphatic rings. The lowest BCUT2D eigenvalue weighted by Gasteiger charge is -2.32. The van der Waals surface area contributed by atoms with Crippen molar-refractivity contribution in [3.05, 3.63) is 5.89 Å². The summed E-state index contributed by atoms with van der Waals surface area (Å²) in [6.07, 6.45) is 6.82. The average molecular weight is 360 g/mol. The molecule has 2 amide bonds. The molecule has 26 heavy (non-hydrogen) atoms. The highest BCUT2D eigenvalue weighted by molar-refractivity contribution is 5.94. The maximum Gasteiger partial charge on any atom is 0.410 e. The van der Waals surface area contributed by atoms with Crippen LogP contribution in [0.4, 0.5) is 10.8 Å². The largest absolute Gasteiger partial charge is 0.444 e. The van der Waals surface area contributed by atoms with Crippen LogP contribution in [0.25, 0.3) is 0 Å². The molecule has 0 aliphatic carbocycles. The summed E-state index contributed by atoms with van der Waals surface area (Å²) in [5.41, 5.74) is -0.506. The summed E-state index contributed by atoms with van der Waals surface area (Å²) in [5.74, 6) is 2.95. The molecule has 8 heteroatoms. The average Bonchev–Trinajstić information content (AvgIpc) is 3.19. The Kier molecular flexibility index (Phi) is 4.90. The molecule has 3 heterocycles. The minimum Gasteiger partial charge on any atom is -0.444 e. The molecule has 3 rings (SSSR count). The van der Waals surface area contributed by atoms with Crippen LogP contribution in [-0.2, 0) is 9.53 Å². The monoisotopic (exact) mass is 360 g/mol. The summed E-state index contributed by atoms with van der Waals surface area (Å²) in [7, 11) is 0. The van der Waals surface area contributed by atoms with Crippen LogP contribution in [0, 0.1) is 18.3 Å². The molecule has 2 saturated heterocycles. The molecule has 0 aromatic carbocycles. The van der Waals surface area contributed by atoms with Gasteiger partial charge in [0.15, 0.2) is 0 Å². The Bertz CT molecular complexity index is 722. The Hall–Kier alpha value is -2.56. The summed E-state index contributed by atoms with van der Waals surface area (Å²) in [6.45, 7) is 7.10. The van der Waals surface area contributed by atoms with Gasteiger partial charge < -0.3 is 14.1 Å². The van der Waals surface area contributed by atoms with E-state index in [9.17, 15) is 9.59 Å². The molecule has 1 aromatic rings. The van der Waals surface area contributed by atoms with E-state index < -0.39 is 5.60 Å². The van der Waals surface area contributed by atoms with Crippen molar-refractivity contribution >= 4 is 18.0 Å². The number of hydrogen-bond acceptors (Lipinski definition) is 6. The molecule has 0 spiro atoms. The first-order chi connectivity index (χ1) is 12.3. The highest BCUT2D eigenvalue weighted by atomic mass is 16.6. The lowest BCUT2D eigenvalue weighted by atomic mass is 9.97. The smallest absolute Gasteiger partial charge is 0.410 e. The van der Waals surface area contributed by atoms with Gasteiger partial charge in [0.25, 0.3) is 0 Å². The van der Waals surface area contributed by atoms with Gasteiger partial charge in [-0.25, -0.2) is 4.79 Å². The number of terminal acetylenes is 1. The van der Waals surface area contributed by atoms with Gasteiger partial charge in [-0.2, -0.15) is 0 Å². The van der Waals surface area contributed by atoms with Crippen LogP contribution in [0.1, 0.15) is 51.8 Å². The minimum absolute atomic E-state index is 0.0658. The molecule has 2 aliphatic heterocycles. The molecule has 2 fully saturated rings. The predicted molar refractivity (Wildman–Crippen MR) is 93.4 cm³/mol. The quantitative estimate of drug-likeness (QED) is 0.751. The Morgan fingerprint density at radius 1 is 1.31 bits per heavy atom. The number of anilines is 1. The normalized spacial score (nSPS) is 21.8. The number of likely N-dealkylation sites (tertiary alicyclic amines) is 1. The fourth-order valence-corrected chi connectivity index (χ4v) is 3.14. The van der Waals surface area contributed by atoms with Crippen molar-refractivity contribution in [2.45, 2.75) is 51.6 Å². The van der Waals surface area contributed by atoms with Crippen molar-refractivity contribution in [3.8, 4) is 12.3 Å². The predicted octanol–water partition coefficient (Wildman–Crippen LogP) is 2.17. The number of carbonyl (C=O) groups is 2. The van der Waals surface area contributed by atoms with Gasteiger partial charge in [0.2, 0.25) is 11.8 Å². The third-order valence-corrected chi connectivity index (χ3v) is 4.52. The van der Waals surface area contributed by atoms with Crippen molar-refractivity contribution < 1.29 is 18.7 Å². The zero-order valence-electron chi connectivity index (χ0n) is 15.4. The Morgan fingerprint density at radius 3 is 2.58 bits per heavy atom. The lowest BCUT2D eigenvalue weighted by molar-refractivity contribution is -0.117. The number of amides is 2. The first kappa shape index (κ1) is 18.2. The Morgan fingerprint density at radius 2 is 2.00 bits per heavy atom. The van der Waals surface area contributed by atoms with E-state index in [-0.39, 0.29) is 29.9 Å². The van der Waals surface area contributed by atoms with Crippen LogP contribution >= 0.6 is 0 Å². The van der Waals surface area contributed by atoms with E-state index in [0.717, 1.165) is 0 Å². The molecular weight excluding hydrogens is 336 g/mol. The molecule has 1 aromatic heterocycles. The van der Waals surface area contributed by atoms with Crippen LogP contribution in [0.3, 0.4) is 0 Å². The van der Waals surface area contributed by atoms with Crippen molar-refractivity contribution in [1.82, 2.24) is 15.1 Å². The Balaban J connectivity index is 1.58. The van der Waals surface area contributed by atoms with Crippen molar-refractivity contribution in [2.75, 3.05) is 24.5 Å². The first-order valence-corrected chi connectivity index (χ1v) is 8.84. The fraction of sp³-hybridized carbons (Fsp3) is 0.667. The molecule has 0 saturated carbocycles. The highest BCUT2D eigenvalue weighted by Crippen LogP contribution is 2.31. The van der Waals surface area contributed by atoms with E-state index in [1.807, 2.05) is 20.8 Å². The highest BCUT2D eigenvalue weighted by Gasteiger charge is 2.34. The van der Waals surface area contributed by atoms with Crippen molar-refractivity contribution in [1.29, 1.82) is 0 Å². The number of piperidine rings is 1. The zero-order chi connectivity index (χ0) is 18.9. The van der Waals surface area contributed by atoms with Crippen LogP contribution in [0.5, 0.6) is 0 Å². The number of rotatable bonds is 2. The number of hydrogen-bond donors (Lipinski definition) is 0. The van der Waals surface area contributed by atoms with Gasteiger partial charge in [-0.3, -0.25) is 9.69 Å². The van der Waals surface area contributed by atoms with Crippen LogP contribution in [-0.4, -0.2) is 52.3 Å². The number of ether oxygens (including phenoxy) is 1. The molecule has 1 atom stereocenters. The van der Waals surface area contributed by atoms with Gasteiger partial charge in [0.1, 0.15) is 5.60 Å². The lowest BCUT2D eigenvalue weighted by Crippen LogP contribution is -2.41. The summed E-state index contributed by atoms with van der Waals surface area (Å²) >= 11 is 0. The van der Waals surface area contributed by atoms with E-state index in [1.165, 1.54) is 4.90 Å². The van der Waals surface area contributed by atoms with Gasteiger partial charge in [-0.05, 0) is 33.6 Å². The third-order valence-electron chi connectivity index (χ3n) is 4.52. The maximum absolute atomic E-state index is 12.1. The molecule has 8 nitrogen and oxygen atoms in total.